The molecule has 0 aromatic heterocycles. The van der Waals surface area contributed by atoms with Gasteiger partial charge in [0, 0.05) is 19.6 Å². The van der Waals surface area contributed by atoms with Gasteiger partial charge in [-0.05, 0) is 43.4 Å². The first-order valence-corrected chi connectivity index (χ1v) is 7.50. The molecule has 1 amide bonds. The number of phenolic OH excluding ortho intramolecular Hbond substituents is 1. The summed E-state index contributed by atoms with van der Waals surface area (Å²) in [5.41, 5.74) is 6.68. The van der Waals surface area contributed by atoms with Crippen LogP contribution < -0.4 is 10.5 Å². The fourth-order valence-electron chi connectivity index (χ4n) is 2.79. The Morgan fingerprint density at radius 3 is 2.67 bits per heavy atom. The standard InChI is InChI=1S/C16H24N2O3/c1-21-15-6-5-12(10-14(15)19)9-13(11-17)16(20)18-7-3-2-4-8-18/h5-6,10,13,19H,2-4,7-9,11,17H2,1H3. The van der Waals surface area contributed by atoms with Gasteiger partial charge in [-0.15, -0.1) is 0 Å². The Balaban J connectivity index is 2.04. The van der Waals surface area contributed by atoms with Gasteiger partial charge in [-0.2, -0.15) is 0 Å². The summed E-state index contributed by atoms with van der Waals surface area (Å²) in [6, 6.07) is 5.22. The van der Waals surface area contributed by atoms with Crippen LogP contribution in [0, 0.1) is 5.92 Å². The second-order valence-corrected chi connectivity index (χ2v) is 5.53. The number of aromatic hydroxyl groups is 1. The normalized spacial score (nSPS) is 16.6. The van der Waals surface area contributed by atoms with Crippen molar-refractivity contribution in [1.82, 2.24) is 4.90 Å². The number of phenols is 1. The number of hydrogen-bond acceptors (Lipinski definition) is 4. The highest BCUT2D eigenvalue weighted by Gasteiger charge is 2.24. The molecule has 0 radical (unpaired) electrons. The van der Waals surface area contributed by atoms with Gasteiger partial charge < -0.3 is 20.5 Å². The molecule has 0 spiro atoms. The molecule has 0 bridgehead atoms. The molecule has 0 saturated carbocycles. The quantitative estimate of drug-likeness (QED) is 0.863. The van der Waals surface area contributed by atoms with E-state index in [0.29, 0.717) is 18.7 Å². The summed E-state index contributed by atoms with van der Waals surface area (Å²) in [6.45, 7) is 1.99. The number of ether oxygens (including phenoxy) is 1. The average molecular weight is 292 g/mol. The second-order valence-electron chi connectivity index (χ2n) is 5.53. The maximum atomic E-state index is 12.5. The van der Waals surface area contributed by atoms with Crippen molar-refractivity contribution in [3.63, 3.8) is 0 Å². The minimum absolute atomic E-state index is 0.0937. The molecule has 1 fully saturated rings. The van der Waals surface area contributed by atoms with Crippen molar-refractivity contribution in [3.05, 3.63) is 23.8 Å². The van der Waals surface area contributed by atoms with Crippen LogP contribution in [0.15, 0.2) is 18.2 Å². The van der Waals surface area contributed by atoms with E-state index in [1.54, 1.807) is 12.1 Å². The molecule has 1 heterocycles. The van der Waals surface area contributed by atoms with Crippen molar-refractivity contribution in [2.24, 2.45) is 11.7 Å². The molecular weight excluding hydrogens is 268 g/mol. The van der Waals surface area contributed by atoms with E-state index in [1.165, 1.54) is 13.5 Å². The van der Waals surface area contributed by atoms with Crippen LogP contribution in [0.25, 0.3) is 0 Å². The van der Waals surface area contributed by atoms with Crippen molar-refractivity contribution in [2.45, 2.75) is 25.7 Å². The monoisotopic (exact) mass is 292 g/mol. The SMILES string of the molecule is COc1ccc(CC(CN)C(=O)N2CCCCC2)cc1O. The molecule has 1 aromatic carbocycles. The Labute approximate surface area is 125 Å². The minimum atomic E-state index is -0.226. The maximum Gasteiger partial charge on any atom is 0.227 e. The number of piperidine rings is 1. The molecule has 1 aliphatic rings. The zero-order valence-electron chi connectivity index (χ0n) is 12.5. The average Bonchev–Trinajstić information content (AvgIpc) is 2.53. The fourth-order valence-corrected chi connectivity index (χ4v) is 2.79. The fraction of sp³-hybridized carbons (Fsp3) is 0.562. The van der Waals surface area contributed by atoms with Gasteiger partial charge in [0.25, 0.3) is 0 Å². The third-order valence-corrected chi connectivity index (χ3v) is 4.03. The molecule has 0 aliphatic carbocycles. The van der Waals surface area contributed by atoms with Gasteiger partial charge in [0.2, 0.25) is 5.91 Å². The number of hydrogen-bond donors (Lipinski definition) is 2. The van der Waals surface area contributed by atoms with Crippen LogP contribution in [0.4, 0.5) is 0 Å². The second kappa shape index (κ2) is 7.31. The molecule has 21 heavy (non-hydrogen) atoms. The van der Waals surface area contributed by atoms with Crippen LogP contribution in [0.2, 0.25) is 0 Å². The van der Waals surface area contributed by atoms with Crippen molar-refractivity contribution in [1.29, 1.82) is 0 Å². The summed E-state index contributed by atoms with van der Waals surface area (Å²) in [5, 5.41) is 9.81. The predicted molar refractivity (Wildman–Crippen MR) is 81.3 cm³/mol. The Morgan fingerprint density at radius 2 is 2.10 bits per heavy atom. The van der Waals surface area contributed by atoms with Crippen molar-refractivity contribution in [2.75, 3.05) is 26.7 Å². The number of methoxy groups -OCH3 is 1. The Bertz CT molecular complexity index is 484. The number of amides is 1. The van der Waals surface area contributed by atoms with Gasteiger partial charge in [0.15, 0.2) is 11.5 Å². The van der Waals surface area contributed by atoms with E-state index < -0.39 is 0 Å². The molecule has 1 aliphatic heterocycles. The zero-order valence-corrected chi connectivity index (χ0v) is 12.5. The number of nitrogens with zero attached hydrogens (tertiary/aromatic N) is 1. The highest BCUT2D eigenvalue weighted by Crippen LogP contribution is 2.27. The summed E-state index contributed by atoms with van der Waals surface area (Å²) in [5.74, 6) is 0.435. The summed E-state index contributed by atoms with van der Waals surface area (Å²) in [6.07, 6.45) is 3.89. The minimum Gasteiger partial charge on any atom is -0.504 e. The first-order chi connectivity index (χ1) is 10.2. The predicted octanol–water partition coefficient (Wildman–Crippen LogP) is 1.53. The van der Waals surface area contributed by atoms with E-state index in [9.17, 15) is 9.90 Å². The van der Waals surface area contributed by atoms with Gasteiger partial charge in [0.1, 0.15) is 0 Å². The number of rotatable bonds is 5. The van der Waals surface area contributed by atoms with Crippen LogP contribution >= 0.6 is 0 Å². The van der Waals surface area contributed by atoms with Crippen LogP contribution in [-0.2, 0) is 11.2 Å². The summed E-state index contributed by atoms with van der Waals surface area (Å²) >= 11 is 0. The van der Waals surface area contributed by atoms with Crippen molar-refractivity contribution in [3.8, 4) is 11.5 Å². The lowest BCUT2D eigenvalue weighted by atomic mass is 9.96. The Kier molecular flexibility index (Phi) is 5.44. The lowest BCUT2D eigenvalue weighted by molar-refractivity contribution is -0.136. The number of carbonyl (C=O) groups is 1. The zero-order chi connectivity index (χ0) is 15.2. The Hall–Kier alpha value is -1.75. The molecular formula is C16H24N2O3. The molecule has 3 N–H and O–H groups in total. The van der Waals surface area contributed by atoms with Crippen molar-refractivity contribution < 1.29 is 14.6 Å². The van der Waals surface area contributed by atoms with Crippen LogP contribution in [-0.4, -0.2) is 42.7 Å². The molecule has 2 rings (SSSR count). The van der Waals surface area contributed by atoms with Gasteiger partial charge in [0.05, 0.1) is 13.0 Å². The topological polar surface area (TPSA) is 75.8 Å². The molecule has 1 atom stereocenters. The van der Waals surface area contributed by atoms with Crippen LogP contribution in [0.3, 0.4) is 0 Å². The maximum absolute atomic E-state index is 12.5. The largest absolute Gasteiger partial charge is 0.504 e. The molecule has 1 saturated heterocycles. The van der Waals surface area contributed by atoms with Gasteiger partial charge in [-0.3, -0.25) is 4.79 Å². The van der Waals surface area contributed by atoms with E-state index in [-0.39, 0.29) is 17.6 Å². The lowest BCUT2D eigenvalue weighted by Crippen LogP contribution is -2.42. The first-order valence-electron chi connectivity index (χ1n) is 7.50. The molecule has 5 nitrogen and oxygen atoms in total. The van der Waals surface area contributed by atoms with Crippen LogP contribution in [0.1, 0.15) is 24.8 Å². The van der Waals surface area contributed by atoms with Crippen molar-refractivity contribution >= 4 is 5.91 Å². The first kappa shape index (κ1) is 15.6. The van der Waals surface area contributed by atoms with E-state index in [1.807, 2.05) is 11.0 Å². The molecule has 5 heteroatoms. The summed E-state index contributed by atoms with van der Waals surface area (Å²) in [4.78, 5) is 14.4. The summed E-state index contributed by atoms with van der Waals surface area (Å²) in [7, 11) is 1.51. The van der Waals surface area contributed by atoms with Gasteiger partial charge in [-0.1, -0.05) is 6.07 Å². The number of carbonyl (C=O) groups excluding carboxylic acids is 1. The number of benzene rings is 1. The molecule has 1 unspecified atom stereocenters. The van der Waals surface area contributed by atoms with Gasteiger partial charge in [-0.25, -0.2) is 0 Å². The third-order valence-electron chi connectivity index (χ3n) is 4.03. The highest BCUT2D eigenvalue weighted by molar-refractivity contribution is 5.79. The van der Waals surface area contributed by atoms with E-state index in [2.05, 4.69) is 0 Å². The molecule has 116 valence electrons. The van der Waals surface area contributed by atoms with E-state index in [0.717, 1.165) is 31.5 Å². The number of likely N-dealkylation sites (tertiary alicyclic amines) is 1. The smallest absolute Gasteiger partial charge is 0.227 e. The number of nitrogens with two attached hydrogens (primary N) is 1. The van der Waals surface area contributed by atoms with E-state index in [4.69, 9.17) is 10.5 Å². The molecule has 1 aromatic rings. The van der Waals surface area contributed by atoms with Crippen LogP contribution in [0.5, 0.6) is 11.5 Å². The third kappa shape index (κ3) is 3.88. The van der Waals surface area contributed by atoms with E-state index >= 15 is 0 Å². The highest BCUT2D eigenvalue weighted by atomic mass is 16.5. The van der Waals surface area contributed by atoms with Gasteiger partial charge >= 0.3 is 0 Å². The lowest BCUT2D eigenvalue weighted by Gasteiger charge is -2.30. The Morgan fingerprint density at radius 1 is 1.38 bits per heavy atom. The summed E-state index contributed by atoms with van der Waals surface area (Å²) < 4.78 is 5.02.